The Labute approximate surface area is 115 Å². The van der Waals surface area contributed by atoms with Crippen molar-refractivity contribution < 1.29 is 14.7 Å². The Morgan fingerprint density at radius 1 is 1.47 bits per heavy atom. The van der Waals surface area contributed by atoms with Gasteiger partial charge in [-0.05, 0) is 40.5 Å². The fourth-order valence-electron chi connectivity index (χ4n) is 2.19. The first kappa shape index (κ1) is 16.0. The van der Waals surface area contributed by atoms with Crippen LogP contribution in [0.4, 0.5) is 0 Å². The molecule has 2 N–H and O–H groups in total. The maximum absolute atomic E-state index is 12.2. The number of hydrogen-bond acceptors (Lipinski definition) is 3. The van der Waals surface area contributed by atoms with E-state index in [0.717, 1.165) is 6.42 Å². The summed E-state index contributed by atoms with van der Waals surface area (Å²) in [4.78, 5) is 25.3. The topological polar surface area (TPSA) is 69.6 Å². The second kappa shape index (κ2) is 5.49. The second-order valence-electron chi connectivity index (χ2n) is 6.49. The lowest BCUT2D eigenvalue weighted by Crippen LogP contribution is -2.51. The van der Waals surface area contributed by atoms with Crippen LogP contribution in [-0.4, -0.2) is 46.6 Å². The van der Waals surface area contributed by atoms with E-state index < -0.39 is 11.4 Å². The van der Waals surface area contributed by atoms with Crippen molar-refractivity contribution in [3.05, 3.63) is 0 Å². The number of nitrogens with one attached hydrogen (secondary N) is 1. The summed E-state index contributed by atoms with van der Waals surface area (Å²) in [5.74, 6) is -0.807. The Bertz CT molecular complexity index is 368. The lowest BCUT2D eigenvalue weighted by Gasteiger charge is -2.30. The first-order valence-electron chi connectivity index (χ1n) is 6.91. The highest BCUT2D eigenvalue weighted by Gasteiger charge is 2.43. The predicted octanol–water partition coefficient (Wildman–Crippen LogP) is 1.48. The Kier molecular flexibility index (Phi) is 4.61. The van der Waals surface area contributed by atoms with Gasteiger partial charge < -0.3 is 10.4 Å². The summed E-state index contributed by atoms with van der Waals surface area (Å²) in [6, 6.07) is -0.285. The van der Waals surface area contributed by atoms with Crippen LogP contribution < -0.4 is 5.32 Å². The van der Waals surface area contributed by atoms with Crippen LogP contribution in [0.25, 0.3) is 0 Å². The Morgan fingerprint density at radius 2 is 2.05 bits per heavy atom. The minimum atomic E-state index is -0.781. The minimum absolute atomic E-state index is 0.0264. The normalized spacial score (nSPS) is 26.2. The maximum atomic E-state index is 12.2. The van der Waals surface area contributed by atoms with Crippen molar-refractivity contribution in [1.29, 1.82) is 0 Å². The maximum Gasteiger partial charge on any atom is 0.310 e. The molecule has 0 radical (unpaired) electrons. The third-order valence-corrected chi connectivity index (χ3v) is 4.29. The summed E-state index contributed by atoms with van der Waals surface area (Å²) in [6.07, 6.45) is 1.45. The molecule has 0 aromatic rings. The van der Waals surface area contributed by atoms with Gasteiger partial charge in [0.1, 0.15) is 0 Å². The second-order valence-corrected chi connectivity index (χ2v) is 6.49. The molecule has 5 nitrogen and oxygen atoms in total. The molecule has 0 aromatic heterocycles. The summed E-state index contributed by atoms with van der Waals surface area (Å²) in [7, 11) is 0. The zero-order valence-corrected chi connectivity index (χ0v) is 12.6. The quantitative estimate of drug-likeness (QED) is 0.794. The lowest BCUT2D eigenvalue weighted by molar-refractivity contribution is -0.147. The van der Waals surface area contributed by atoms with Crippen LogP contribution in [0.1, 0.15) is 47.5 Å². The van der Waals surface area contributed by atoms with Crippen molar-refractivity contribution in [2.75, 3.05) is 13.1 Å². The molecule has 0 saturated carbocycles. The molecule has 1 aliphatic rings. The molecule has 1 heterocycles. The van der Waals surface area contributed by atoms with Gasteiger partial charge in [-0.25, -0.2) is 0 Å². The van der Waals surface area contributed by atoms with Gasteiger partial charge >= 0.3 is 5.97 Å². The number of hydrogen-bond donors (Lipinski definition) is 2. The SMILES string of the molecule is CCC(C)(C)NC(=O)C(C)N1CCC(C)(C(=O)O)C1. The Morgan fingerprint density at radius 3 is 2.47 bits per heavy atom. The van der Waals surface area contributed by atoms with Gasteiger partial charge in [0.2, 0.25) is 5.91 Å². The molecule has 1 fully saturated rings. The van der Waals surface area contributed by atoms with Gasteiger partial charge in [0, 0.05) is 18.6 Å². The smallest absolute Gasteiger partial charge is 0.310 e. The number of carbonyl (C=O) groups is 2. The van der Waals surface area contributed by atoms with E-state index in [0.29, 0.717) is 19.5 Å². The number of amides is 1. The zero-order valence-electron chi connectivity index (χ0n) is 12.6. The number of aliphatic carboxylic acids is 1. The lowest BCUT2D eigenvalue weighted by atomic mass is 9.90. The molecular formula is C14H26N2O3. The van der Waals surface area contributed by atoms with Gasteiger partial charge in [0.25, 0.3) is 0 Å². The average Bonchev–Trinajstić information content (AvgIpc) is 2.72. The minimum Gasteiger partial charge on any atom is -0.481 e. The molecule has 5 heteroatoms. The van der Waals surface area contributed by atoms with E-state index in [9.17, 15) is 14.7 Å². The first-order chi connectivity index (χ1) is 8.61. The molecule has 1 rings (SSSR count). The average molecular weight is 270 g/mol. The highest BCUT2D eigenvalue weighted by Crippen LogP contribution is 2.31. The molecule has 1 saturated heterocycles. The van der Waals surface area contributed by atoms with Gasteiger partial charge in [-0.3, -0.25) is 14.5 Å². The van der Waals surface area contributed by atoms with Gasteiger partial charge in [0.05, 0.1) is 11.5 Å². The molecule has 2 unspecified atom stereocenters. The van der Waals surface area contributed by atoms with Gasteiger partial charge in [-0.1, -0.05) is 6.92 Å². The van der Waals surface area contributed by atoms with Gasteiger partial charge in [0.15, 0.2) is 0 Å². The fraction of sp³-hybridized carbons (Fsp3) is 0.857. The fourth-order valence-corrected chi connectivity index (χ4v) is 2.19. The van der Waals surface area contributed by atoms with E-state index in [1.54, 1.807) is 6.92 Å². The van der Waals surface area contributed by atoms with E-state index in [2.05, 4.69) is 5.32 Å². The van der Waals surface area contributed by atoms with Crippen LogP contribution in [0, 0.1) is 5.41 Å². The number of carbonyl (C=O) groups excluding carboxylic acids is 1. The summed E-state index contributed by atoms with van der Waals surface area (Å²) >= 11 is 0. The summed E-state index contributed by atoms with van der Waals surface area (Å²) < 4.78 is 0. The van der Waals surface area contributed by atoms with Crippen LogP contribution in [0.15, 0.2) is 0 Å². The highest BCUT2D eigenvalue weighted by atomic mass is 16.4. The molecule has 2 atom stereocenters. The molecule has 110 valence electrons. The molecule has 0 spiro atoms. The van der Waals surface area contributed by atoms with Crippen molar-refractivity contribution >= 4 is 11.9 Å². The van der Waals surface area contributed by atoms with Crippen molar-refractivity contribution in [3.63, 3.8) is 0 Å². The number of carboxylic acids is 1. The van der Waals surface area contributed by atoms with E-state index in [-0.39, 0.29) is 17.5 Å². The summed E-state index contributed by atoms with van der Waals surface area (Å²) in [5, 5.41) is 12.2. The standard InChI is InChI=1S/C14H26N2O3/c1-6-13(3,4)15-11(17)10(2)16-8-7-14(5,9-16)12(18)19/h10H,6-9H2,1-5H3,(H,15,17)(H,18,19). The van der Waals surface area contributed by atoms with Crippen LogP contribution >= 0.6 is 0 Å². The third-order valence-electron chi connectivity index (χ3n) is 4.29. The third kappa shape index (κ3) is 3.69. The first-order valence-corrected chi connectivity index (χ1v) is 6.91. The van der Waals surface area contributed by atoms with Crippen molar-refractivity contribution in [2.45, 2.75) is 59.0 Å². The van der Waals surface area contributed by atoms with Crippen molar-refractivity contribution in [1.82, 2.24) is 10.2 Å². The van der Waals surface area contributed by atoms with E-state index >= 15 is 0 Å². The molecule has 0 aromatic carbocycles. The van der Waals surface area contributed by atoms with Crippen molar-refractivity contribution in [2.24, 2.45) is 5.41 Å². The Hall–Kier alpha value is -1.10. The number of nitrogens with zero attached hydrogens (tertiary/aromatic N) is 1. The molecule has 1 aliphatic heterocycles. The van der Waals surface area contributed by atoms with Gasteiger partial charge in [-0.2, -0.15) is 0 Å². The van der Waals surface area contributed by atoms with Crippen LogP contribution in [-0.2, 0) is 9.59 Å². The highest BCUT2D eigenvalue weighted by molar-refractivity contribution is 5.82. The van der Waals surface area contributed by atoms with Crippen LogP contribution in [0.2, 0.25) is 0 Å². The zero-order chi connectivity index (χ0) is 14.8. The number of likely N-dealkylation sites (tertiary alicyclic amines) is 1. The molecular weight excluding hydrogens is 244 g/mol. The molecule has 0 bridgehead atoms. The van der Waals surface area contributed by atoms with Crippen LogP contribution in [0.5, 0.6) is 0 Å². The molecule has 0 aliphatic carbocycles. The van der Waals surface area contributed by atoms with Gasteiger partial charge in [-0.15, -0.1) is 0 Å². The van der Waals surface area contributed by atoms with E-state index in [4.69, 9.17) is 0 Å². The van der Waals surface area contributed by atoms with E-state index in [1.807, 2.05) is 32.6 Å². The van der Waals surface area contributed by atoms with Crippen molar-refractivity contribution in [3.8, 4) is 0 Å². The summed E-state index contributed by atoms with van der Waals surface area (Å²) in [5.41, 5.74) is -0.948. The monoisotopic (exact) mass is 270 g/mol. The Balaban J connectivity index is 2.63. The molecule has 1 amide bonds. The van der Waals surface area contributed by atoms with E-state index in [1.165, 1.54) is 0 Å². The number of rotatable bonds is 5. The predicted molar refractivity (Wildman–Crippen MR) is 73.9 cm³/mol. The van der Waals surface area contributed by atoms with Crippen LogP contribution in [0.3, 0.4) is 0 Å². The number of carboxylic acid groups (broad SMARTS) is 1. The summed E-state index contributed by atoms with van der Waals surface area (Å²) in [6.45, 7) is 10.7. The largest absolute Gasteiger partial charge is 0.481 e. The molecule has 19 heavy (non-hydrogen) atoms.